The van der Waals surface area contributed by atoms with Crippen LogP contribution < -0.4 is 9.64 Å². The zero-order valence-corrected chi connectivity index (χ0v) is 18.0. The Kier molecular flexibility index (Phi) is 7.43. The Morgan fingerprint density at radius 1 is 1.23 bits per heavy atom. The van der Waals surface area contributed by atoms with Crippen LogP contribution in [0.4, 0.5) is 5.69 Å². The van der Waals surface area contributed by atoms with Gasteiger partial charge >= 0.3 is 0 Å². The molecule has 1 saturated heterocycles. The van der Waals surface area contributed by atoms with Crippen molar-refractivity contribution < 1.29 is 24.5 Å². The lowest BCUT2D eigenvalue weighted by Crippen LogP contribution is -2.36. The number of pyridine rings is 1. The lowest BCUT2D eigenvalue weighted by atomic mass is 10.0. The number of fused-ring (bicyclic) bond motifs is 1. The number of hydrogen-bond acceptors (Lipinski definition) is 7. The van der Waals surface area contributed by atoms with E-state index in [1.807, 2.05) is 13.1 Å². The number of carboxylic acid groups (broad SMARTS) is 1. The zero-order valence-electron chi connectivity index (χ0n) is 18.0. The summed E-state index contributed by atoms with van der Waals surface area (Å²) in [6.45, 7) is 7.58. The second kappa shape index (κ2) is 10.2. The van der Waals surface area contributed by atoms with Gasteiger partial charge in [0.05, 0.1) is 44.9 Å². The summed E-state index contributed by atoms with van der Waals surface area (Å²) >= 11 is 0. The molecule has 0 unspecified atom stereocenters. The van der Waals surface area contributed by atoms with Gasteiger partial charge in [-0.05, 0) is 31.5 Å². The summed E-state index contributed by atoms with van der Waals surface area (Å²) in [7, 11) is 1.69. The zero-order chi connectivity index (χ0) is 22.4. The topological polar surface area (TPSA) is 110 Å². The number of aromatic nitrogens is 3. The minimum Gasteiger partial charge on any atom is -0.494 e. The van der Waals surface area contributed by atoms with E-state index >= 15 is 0 Å². The van der Waals surface area contributed by atoms with Crippen LogP contribution in [0.2, 0.25) is 0 Å². The van der Waals surface area contributed by atoms with Crippen LogP contribution in [0, 0.1) is 13.8 Å². The van der Waals surface area contributed by atoms with Crippen molar-refractivity contribution >= 4 is 23.1 Å². The fourth-order valence-electron chi connectivity index (χ4n) is 3.73. The minimum atomic E-state index is -0.250. The van der Waals surface area contributed by atoms with Crippen LogP contribution in [0.1, 0.15) is 11.3 Å². The number of aliphatic hydroxyl groups is 1. The molecule has 3 aromatic rings. The molecule has 3 heterocycles. The van der Waals surface area contributed by atoms with Gasteiger partial charge in [-0.1, -0.05) is 0 Å². The van der Waals surface area contributed by atoms with Crippen molar-refractivity contribution in [1.82, 2.24) is 14.8 Å². The van der Waals surface area contributed by atoms with E-state index in [4.69, 9.17) is 24.4 Å². The predicted molar refractivity (Wildman–Crippen MR) is 118 cm³/mol. The van der Waals surface area contributed by atoms with Gasteiger partial charge in [0.15, 0.2) is 0 Å². The Bertz CT molecular complexity index is 1040. The molecular weight excluding hydrogens is 400 g/mol. The summed E-state index contributed by atoms with van der Waals surface area (Å²) in [5.74, 6) is 0.768. The molecule has 0 atom stereocenters. The van der Waals surface area contributed by atoms with E-state index < -0.39 is 0 Å². The van der Waals surface area contributed by atoms with Gasteiger partial charge in [0.25, 0.3) is 6.47 Å². The summed E-state index contributed by atoms with van der Waals surface area (Å²) in [4.78, 5) is 15.6. The van der Waals surface area contributed by atoms with Crippen molar-refractivity contribution in [3.63, 3.8) is 0 Å². The highest BCUT2D eigenvalue weighted by molar-refractivity contribution is 5.93. The summed E-state index contributed by atoms with van der Waals surface area (Å²) < 4.78 is 12.9. The average Bonchev–Trinajstić information content (AvgIpc) is 3.14. The predicted octanol–water partition coefficient (Wildman–Crippen LogP) is 2.25. The Hall–Kier alpha value is -3.17. The smallest absolute Gasteiger partial charge is 0.290 e. The van der Waals surface area contributed by atoms with Crippen molar-refractivity contribution in [3.8, 4) is 17.0 Å². The first kappa shape index (κ1) is 22.5. The molecule has 166 valence electrons. The van der Waals surface area contributed by atoms with Gasteiger partial charge in [0.1, 0.15) is 11.3 Å². The number of anilines is 1. The van der Waals surface area contributed by atoms with Crippen molar-refractivity contribution in [2.75, 3.05) is 44.9 Å². The largest absolute Gasteiger partial charge is 0.494 e. The van der Waals surface area contributed by atoms with Crippen LogP contribution in [0.5, 0.6) is 5.75 Å². The highest BCUT2D eigenvalue weighted by Crippen LogP contribution is 2.35. The van der Waals surface area contributed by atoms with Gasteiger partial charge in [-0.2, -0.15) is 5.10 Å². The second-order valence-corrected chi connectivity index (χ2v) is 7.19. The molecule has 1 aliphatic rings. The molecule has 9 heteroatoms. The van der Waals surface area contributed by atoms with E-state index in [2.05, 4.69) is 35.1 Å². The molecule has 0 amide bonds. The number of aryl methyl sites for hydroxylation is 2. The third kappa shape index (κ3) is 4.95. The Morgan fingerprint density at radius 3 is 2.58 bits per heavy atom. The fraction of sp³-hybridized carbons (Fsp3) is 0.409. The highest BCUT2D eigenvalue weighted by atomic mass is 16.5. The van der Waals surface area contributed by atoms with Crippen molar-refractivity contribution in [2.45, 2.75) is 20.4 Å². The number of hydrogen-bond donors (Lipinski definition) is 2. The Labute approximate surface area is 180 Å². The molecule has 2 N–H and O–H groups in total. The lowest BCUT2D eigenvalue weighted by molar-refractivity contribution is -0.122. The van der Waals surface area contributed by atoms with Crippen LogP contribution in [-0.2, 0) is 16.1 Å². The molecule has 0 aliphatic carbocycles. The van der Waals surface area contributed by atoms with E-state index in [1.54, 1.807) is 11.8 Å². The highest BCUT2D eigenvalue weighted by Gasteiger charge is 2.18. The number of rotatable bonds is 5. The van der Waals surface area contributed by atoms with Crippen LogP contribution >= 0.6 is 0 Å². The normalized spacial score (nSPS) is 13.6. The van der Waals surface area contributed by atoms with Crippen molar-refractivity contribution in [1.29, 1.82) is 0 Å². The number of benzene rings is 1. The first-order valence-electron chi connectivity index (χ1n) is 10.1. The monoisotopic (exact) mass is 428 g/mol. The number of morpholine rings is 1. The Morgan fingerprint density at radius 2 is 1.94 bits per heavy atom. The molecule has 2 aromatic heterocycles. The lowest BCUT2D eigenvalue weighted by Gasteiger charge is -2.29. The maximum absolute atomic E-state index is 9.17. The number of aliphatic hydroxyl groups excluding tert-OH is 1. The van der Waals surface area contributed by atoms with E-state index in [9.17, 15) is 5.11 Å². The van der Waals surface area contributed by atoms with Gasteiger partial charge in [0, 0.05) is 42.0 Å². The average molecular weight is 428 g/mol. The Balaban J connectivity index is 0.000000858. The molecule has 0 radical (unpaired) electrons. The quantitative estimate of drug-likeness (QED) is 0.596. The summed E-state index contributed by atoms with van der Waals surface area (Å²) in [6, 6.07) is 6.35. The molecule has 0 saturated carbocycles. The first-order valence-corrected chi connectivity index (χ1v) is 10.1. The molecule has 1 aromatic carbocycles. The standard InChI is InChI=1S/C21H26N4O3.CH2O2/c1-14-10-19(18-13-25(4-7-26)23-15(18)2)22-21-17(14)11-16(12-20(21)27-3)24-5-8-28-9-6-24;2-1-3/h10-13,26H,4-9H2,1-3H3;1H,(H,2,3). The summed E-state index contributed by atoms with van der Waals surface area (Å²) in [5, 5.41) is 21.6. The molecule has 1 fully saturated rings. The molecular formula is C22H28N4O5. The van der Waals surface area contributed by atoms with E-state index in [0.29, 0.717) is 6.54 Å². The van der Waals surface area contributed by atoms with E-state index in [0.717, 1.165) is 71.2 Å². The van der Waals surface area contributed by atoms with Gasteiger partial charge < -0.3 is 24.6 Å². The summed E-state index contributed by atoms with van der Waals surface area (Å²) in [5.41, 5.74) is 5.86. The van der Waals surface area contributed by atoms with Gasteiger partial charge in [0.2, 0.25) is 0 Å². The number of nitrogens with zero attached hydrogens (tertiary/aromatic N) is 4. The van der Waals surface area contributed by atoms with E-state index in [1.165, 1.54) is 0 Å². The van der Waals surface area contributed by atoms with Crippen LogP contribution in [0.15, 0.2) is 24.4 Å². The maximum Gasteiger partial charge on any atom is 0.290 e. The third-order valence-electron chi connectivity index (χ3n) is 5.22. The third-order valence-corrected chi connectivity index (χ3v) is 5.22. The van der Waals surface area contributed by atoms with Crippen molar-refractivity contribution in [2.24, 2.45) is 0 Å². The van der Waals surface area contributed by atoms with Gasteiger partial charge in [-0.3, -0.25) is 9.48 Å². The van der Waals surface area contributed by atoms with Crippen molar-refractivity contribution in [3.05, 3.63) is 35.7 Å². The first-order chi connectivity index (χ1) is 15.0. The molecule has 31 heavy (non-hydrogen) atoms. The number of carbonyl (C=O) groups is 1. The van der Waals surface area contributed by atoms with E-state index in [-0.39, 0.29) is 13.1 Å². The molecule has 4 rings (SSSR count). The minimum absolute atomic E-state index is 0.0584. The molecule has 1 aliphatic heterocycles. The molecule has 0 bridgehead atoms. The molecule has 9 nitrogen and oxygen atoms in total. The summed E-state index contributed by atoms with van der Waals surface area (Å²) in [6.07, 6.45) is 1.94. The van der Waals surface area contributed by atoms with Gasteiger partial charge in [-0.25, -0.2) is 4.98 Å². The number of methoxy groups -OCH3 is 1. The fourth-order valence-corrected chi connectivity index (χ4v) is 3.73. The second-order valence-electron chi connectivity index (χ2n) is 7.19. The van der Waals surface area contributed by atoms with Gasteiger partial charge in [-0.15, -0.1) is 0 Å². The maximum atomic E-state index is 9.17. The number of ether oxygens (including phenoxy) is 2. The van der Waals surface area contributed by atoms with Crippen LogP contribution in [-0.4, -0.2) is 71.5 Å². The van der Waals surface area contributed by atoms with Crippen LogP contribution in [0.25, 0.3) is 22.2 Å². The SMILES string of the molecule is COc1cc(N2CCOCC2)cc2c(C)cc(-c3cn(CCO)nc3C)nc12.O=CO. The van der Waals surface area contributed by atoms with Crippen LogP contribution in [0.3, 0.4) is 0 Å². The molecule has 0 spiro atoms.